The lowest BCUT2D eigenvalue weighted by atomic mass is 10.2. The molecule has 0 amide bonds. The van der Waals surface area contributed by atoms with E-state index in [1.807, 2.05) is 30.3 Å². The number of quaternary nitrogens is 1. The van der Waals surface area contributed by atoms with Gasteiger partial charge in [-0.05, 0) is 36.4 Å². The Morgan fingerprint density at radius 2 is 1.69 bits per heavy atom. The van der Waals surface area contributed by atoms with Crippen molar-refractivity contribution in [2.75, 3.05) is 36.4 Å². The minimum Gasteiger partial charge on any atom is -0.467 e. The van der Waals surface area contributed by atoms with Gasteiger partial charge in [0.25, 0.3) is 0 Å². The minimum absolute atomic E-state index is 0.597. The molecule has 0 radical (unpaired) electrons. The maximum atomic E-state index is 5.45. The topological polar surface area (TPSA) is 58.6 Å². The molecule has 0 unspecified atom stereocenters. The fourth-order valence-corrected chi connectivity index (χ4v) is 3.86. The van der Waals surface area contributed by atoms with Crippen molar-refractivity contribution in [2.24, 2.45) is 0 Å². The molecule has 0 aliphatic carbocycles. The number of fused-ring (bicyclic) bond motifs is 1. The summed E-state index contributed by atoms with van der Waals surface area (Å²) in [7, 11) is 0. The van der Waals surface area contributed by atoms with Crippen LogP contribution >= 0.6 is 0 Å². The first-order valence-electron chi connectivity index (χ1n) is 10.0. The highest BCUT2D eigenvalue weighted by Crippen LogP contribution is 2.24. The van der Waals surface area contributed by atoms with Crippen molar-refractivity contribution < 1.29 is 9.32 Å². The van der Waals surface area contributed by atoms with E-state index in [0.29, 0.717) is 6.54 Å². The molecule has 0 saturated carbocycles. The molecule has 2 N–H and O–H groups in total. The summed E-state index contributed by atoms with van der Waals surface area (Å²) < 4.78 is 5.45. The summed E-state index contributed by atoms with van der Waals surface area (Å²) in [5.74, 6) is 2.52. The van der Waals surface area contributed by atoms with Crippen molar-refractivity contribution >= 4 is 28.4 Å². The zero-order valence-electron chi connectivity index (χ0n) is 16.2. The second kappa shape index (κ2) is 7.93. The van der Waals surface area contributed by atoms with E-state index >= 15 is 0 Å². The number of benzene rings is 2. The van der Waals surface area contributed by atoms with Crippen LogP contribution in [0.15, 0.2) is 77.4 Å². The molecule has 0 bridgehead atoms. The van der Waals surface area contributed by atoms with Gasteiger partial charge in [0.2, 0.25) is 5.95 Å². The van der Waals surface area contributed by atoms with Crippen molar-refractivity contribution in [3.63, 3.8) is 0 Å². The average molecular weight is 386 g/mol. The standard InChI is InChI=1S/C23H23N5O/c1-2-7-18(8-3-1)27-12-14-28(15-13-27)23-25-21-11-5-4-10-20(21)22(26-23)24-17-19-9-6-16-29-19/h1-11,16H,12-15,17H2,(H,24,25,26)/p+1. The predicted octanol–water partition coefficient (Wildman–Crippen LogP) is 2.87. The summed E-state index contributed by atoms with van der Waals surface area (Å²) >= 11 is 0. The van der Waals surface area contributed by atoms with Gasteiger partial charge in [-0.25, -0.2) is 4.98 Å². The SMILES string of the molecule is c1ccc([NH+]2CCN(c3nc(NCc4ccco4)c4ccccc4n3)CC2)cc1. The van der Waals surface area contributed by atoms with Gasteiger partial charge in [-0.3, -0.25) is 4.90 Å². The van der Waals surface area contributed by atoms with Crippen LogP contribution in [0.3, 0.4) is 0 Å². The zero-order valence-corrected chi connectivity index (χ0v) is 16.2. The van der Waals surface area contributed by atoms with Crippen LogP contribution in [-0.4, -0.2) is 36.1 Å². The Morgan fingerprint density at radius 3 is 2.48 bits per heavy atom. The van der Waals surface area contributed by atoms with E-state index in [2.05, 4.69) is 46.6 Å². The van der Waals surface area contributed by atoms with E-state index in [1.165, 1.54) is 10.6 Å². The summed E-state index contributed by atoms with van der Waals surface area (Å²) in [6.07, 6.45) is 1.69. The first-order chi connectivity index (χ1) is 14.4. The molecule has 1 aliphatic heterocycles. The smallest absolute Gasteiger partial charge is 0.228 e. The number of piperazine rings is 1. The third-order valence-corrected chi connectivity index (χ3v) is 5.43. The van der Waals surface area contributed by atoms with Crippen LogP contribution in [0.2, 0.25) is 0 Å². The van der Waals surface area contributed by atoms with Crippen molar-refractivity contribution in [1.82, 2.24) is 9.97 Å². The van der Waals surface area contributed by atoms with Gasteiger partial charge in [0.1, 0.15) is 17.3 Å². The number of nitrogens with zero attached hydrogens (tertiary/aromatic N) is 3. The van der Waals surface area contributed by atoms with Gasteiger partial charge in [0, 0.05) is 5.39 Å². The minimum atomic E-state index is 0.597. The number of rotatable bonds is 5. The van der Waals surface area contributed by atoms with Crippen LogP contribution in [0, 0.1) is 0 Å². The molecule has 6 heteroatoms. The van der Waals surface area contributed by atoms with Gasteiger partial charge in [-0.2, -0.15) is 4.98 Å². The van der Waals surface area contributed by atoms with Crippen molar-refractivity contribution in [3.8, 4) is 0 Å². The lowest BCUT2D eigenvalue weighted by Gasteiger charge is -2.32. The van der Waals surface area contributed by atoms with Crippen LogP contribution in [0.5, 0.6) is 0 Å². The van der Waals surface area contributed by atoms with Gasteiger partial charge >= 0.3 is 0 Å². The summed E-state index contributed by atoms with van der Waals surface area (Å²) in [6, 6.07) is 22.7. The summed E-state index contributed by atoms with van der Waals surface area (Å²) in [6.45, 7) is 4.53. The number of furan rings is 1. The maximum Gasteiger partial charge on any atom is 0.228 e. The van der Waals surface area contributed by atoms with Gasteiger partial charge in [-0.1, -0.05) is 30.3 Å². The molecule has 1 saturated heterocycles. The Balaban J connectivity index is 1.37. The van der Waals surface area contributed by atoms with E-state index in [4.69, 9.17) is 14.4 Å². The first-order valence-corrected chi connectivity index (χ1v) is 10.0. The highest BCUT2D eigenvalue weighted by Gasteiger charge is 2.24. The first kappa shape index (κ1) is 17.7. The second-order valence-corrected chi connectivity index (χ2v) is 7.28. The van der Waals surface area contributed by atoms with Gasteiger partial charge in [-0.15, -0.1) is 0 Å². The number of anilines is 2. The molecular weight excluding hydrogens is 362 g/mol. The molecule has 1 fully saturated rings. The molecule has 5 rings (SSSR count). The maximum absolute atomic E-state index is 5.45. The molecule has 0 spiro atoms. The van der Waals surface area contributed by atoms with E-state index in [9.17, 15) is 0 Å². The molecule has 1 aliphatic rings. The molecule has 6 nitrogen and oxygen atoms in total. The normalized spacial score (nSPS) is 15.0. The van der Waals surface area contributed by atoms with Gasteiger partial charge in [0.05, 0.1) is 44.5 Å². The number of nitrogens with one attached hydrogen (secondary N) is 2. The van der Waals surface area contributed by atoms with Crippen LogP contribution in [0.1, 0.15) is 5.76 Å². The highest BCUT2D eigenvalue weighted by atomic mass is 16.3. The molecule has 3 heterocycles. The summed E-state index contributed by atoms with van der Waals surface area (Å²) in [5, 5.41) is 4.45. The van der Waals surface area contributed by atoms with Crippen molar-refractivity contribution in [2.45, 2.75) is 6.54 Å². The fourth-order valence-electron chi connectivity index (χ4n) is 3.86. The van der Waals surface area contributed by atoms with Gasteiger partial charge in [0.15, 0.2) is 0 Å². The van der Waals surface area contributed by atoms with Crippen LogP contribution in [0.4, 0.5) is 17.5 Å². The van der Waals surface area contributed by atoms with E-state index < -0.39 is 0 Å². The Morgan fingerprint density at radius 1 is 0.897 bits per heavy atom. The third-order valence-electron chi connectivity index (χ3n) is 5.43. The predicted molar refractivity (Wildman–Crippen MR) is 115 cm³/mol. The quantitative estimate of drug-likeness (QED) is 0.552. The highest BCUT2D eigenvalue weighted by molar-refractivity contribution is 5.90. The molecule has 4 aromatic rings. The number of hydrogen-bond donors (Lipinski definition) is 2. The lowest BCUT2D eigenvalue weighted by molar-refractivity contribution is -0.833. The Kier molecular flexibility index (Phi) is 4.84. The lowest BCUT2D eigenvalue weighted by Crippen LogP contribution is -3.10. The fraction of sp³-hybridized carbons (Fsp3) is 0.217. The van der Waals surface area contributed by atoms with Gasteiger partial charge < -0.3 is 14.6 Å². The zero-order chi connectivity index (χ0) is 19.5. The monoisotopic (exact) mass is 386 g/mol. The summed E-state index contributed by atoms with van der Waals surface area (Å²) in [4.78, 5) is 13.5. The van der Waals surface area contributed by atoms with Crippen LogP contribution in [-0.2, 0) is 6.54 Å². The Hall–Kier alpha value is -3.38. The molecular formula is C23H24N5O+. The van der Waals surface area contributed by atoms with E-state index in [-0.39, 0.29) is 0 Å². The second-order valence-electron chi connectivity index (χ2n) is 7.28. The largest absolute Gasteiger partial charge is 0.467 e. The number of para-hydroxylation sites is 2. The Labute approximate surface area is 169 Å². The van der Waals surface area contributed by atoms with Crippen LogP contribution in [0.25, 0.3) is 10.9 Å². The molecule has 146 valence electrons. The molecule has 0 atom stereocenters. The third kappa shape index (κ3) is 3.79. The Bertz CT molecular complexity index is 1070. The number of aromatic nitrogens is 2. The van der Waals surface area contributed by atoms with Crippen LogP contribution < -0.4 is 15.1 Å². The average Bonchev–Trinajstić information content (AvgIpc) is 3.32. The van der Waals surface area contributed by atoms with Crippen molar-refractivity contribution in [1.29, 1.82) is 0 Å². The van der Waals surface area contributed by atoms with E-state index in [0.717, 1.165) is 54.6 Å². The molecule has 29 heavy (non-hydrogen) atoms. The van der Waals surface area contributed by atoms with Crippen molar-refractivity contribution in [3.05, 3.63) is 78.8 Å². The molecule has 2 aromatic heterocycles. The number of hydrogen-bond acceptors (Lipinski definition) is 5. The summed E-state index contributed by atoms with van der Waals surface area (Å²) in [5.41, 5.74) is 2.31. The molecule has 2 aromatic carbocycles. The van der Waals surface area contributed by atoms with E-state index in [1.54, 1.807) is 6.26 Å².